The third kappa shape index (κ3) is 4.06. The van der Waals surface area contributed by atoms with Crippen LogP contribution in [0.5, 0.6) is 0 Å². The van der Waals surface area contributed by atoms with Crippen LogP contribution >= 0.6 is 27.5 Å². The molecule has 3 aromatic rings. The molecule has 0 saturated heterocycles. The van der Waals surface area contributed by atoms with Crippen molar-refractivity contribution in [3.8, 4) is 0 Å². The lowest BCUT2D eigenvalue weighted by Gasteiger charge is -1.96. The van der Waals surface area contributed by atoms with Crippen molar-refractivity contribution in [1.29, 1.82) is 0 Å². The van der Waals surface area contributed by atoms with Gasteiger partial charge in [-0.25, -0.2) is 0 Å². The summed E-state index contributed by atoms with van der Waals surface area (Å²) in [6, 6.07) is 15.6. The summed E-state index contributed by atoms with van der Waals surface area (Å²) in [5.41, 5.74) is 2.15. The number of hydrogen-bond acceptors (Lipinski definition) is 3. The maximum Gasteiger partial charge on any atom is 0.240 e. The van der Waals surface area contributed by atoms with Crippen molar-refractivity contribution in [1.82, 2.24) is 10.2 Å². The molecule has 2 aromatic carbocycles. The molecular formula is C17H12BrClN2O. The van der Waals surface area contributed by atoms with Gasteiger partial charge in [0.15, 0.2) is 0 Å². The van der Waals surface area contributed by atoms with Crippen molar-refractivity contribution < 1.29 is 4.42 Å². The number of aromatic nitrogens is 2. The molecule has 1 heterocycles. The Balaban J connectivity index is 1.68. The normalized spacial score (nSPS) is 11.2. The van der Waals surface area contributed by atoms with Crippen LogP contribution in [0.4, 0.5) is 0 Å². The van der Waals surface area contributed by atoms with E-state index in [2.05, 4.69) is 26.1 Å². The molecule has 0 N–H and O–H groups in total. The van der Waals surface area contributed by atoms with Crippen molar-refractivity contribution >= 4 is 39.7 Å². The summed E-state index contributed by atoms with van der Waals surface area (Å²) in [6.07, 6.45) is 4.32. The summed E-state index contributed by atoms with van der Waals surface area (Å²) < 4.78 is 6.67. The lowest BCUT2D eigenvalue weighted by atomic mass is 10.1. The number of rotatable bonds is 4. The molecule has 0 aliphatic carbocycles. The first-order valence-electron chi connectivity index (χ1n) is 6.69. The van der Waals surface area contributed by atoms with Gasteiger partial charge in [0.1, 0.15) is 0 Å². The zero-order chi connectivity index (χ0) is 15.4. The molecule has 0 saturated carbocycles. The summed E-state index contributed by atoms with van der Waals surface area (Å²) in [7, 11) is 0. The Bertz CT molecular complexity index is 779. The fourth-order valence-corrected chi connectivity index (χ4v) is 2.31. The molecule has 0 bridgehead atoms. The average molecular weight is 376 g/mol. The van der Waals surface area contributed by atoms with Crippen molar-refractivity contribution in [2.75, 3.05) is 0 Å². The lowest BCUT2D eigenvalue weighted by molar-refractivity contribution is 0.496. The highest BCUT2D eigenvalue weighted by Crippen LogP contribution is 2.15. The first-order valence-corrected chi connectivity index (χ1v) is 7.86. The standard InChI is InChI=1S/C17H12BrClN2O/c18-14-6-1-13(2-7-14)11-17-21-20-16(22-17)10-5-12-3-8-15(19)9-4-12/h1-10H,11H2/b10-5+. The molecule has 0 atom stereocenters. The van der Waals surface area contributed by atoms with Crippen LogP contribution in [0.3, 0.4) is 0 Å². The fraction of sp³-hybridized carbons (Fsp3) is 0.0588. The van der Waals surface area contributed by atoms with E-state index < -0.39 is 0 Å². The van der Waals surface area contributed by atoms with E-state index in [0.29, 0.717) is 23.2 Å². The van der Waals surface area contributed by atoms with Crippen LogP contribution in [0.1, 0.15) is 22.9 Å². The van der Waals surface area contributed by atoms with E-state index >= 15 is 0 Å². The van der Waals surface area contributed by atoms with Crippen LogP contribution in [0.25, 0.3) is 12.2 Å². The first kappa shape index (κ1) is 15.0. The van der Waals surface area contributed by atoms with Crippen LogP contribution in [-0.4, -0.2) is 10.2 Å². The highest BCUT2D eigenvalue weighted by Gasteiger charge is 2.04. The molecule has 0 fully saturated rings. The predicted molar refractivity (Wildman–Crippen MR) is 91.6 cm³/mol. The van der Waals surface area contributed by atoms with Gasteiger partial charge in [0.2, 0.25) is 11.8 Å². The van der Waals surface area contributed by atoms with Crippen LogP contribution in [0.15, 0.2) is 57.4 Å². The molecule has 0 amide bonds. The van der Waals surface area contributed by atoms with Crippen molar-refractivity contribution in [3.05, 3.63) is 80.9 Å². The van der Waals surface area contributed by atoms with Gasteiger partial charge < -0.3 is 4.42 Å². The fourth-order valence-electron chi connectivity index (χ4n) is 1.92. The zero-order valence-electron chi connectivity index (χ0n) is 11.5. The van der Waals surface area contributed by atoms with Crippen LogP contribution < -0.4 is 0 Å². The minimum atomic E-state index is 0.488. The number of benzene rings is 2. The minimum absolute atomic E-state index is 0.488. The minimum Gasteiger partial charge on any atom is -0.421 e. The van der Waals surface area contributed by atoms with Gasteiger partial charge in [-0.3, -0.25) is 0 Å². The molecule has 0 spiro atoms. The van der Waals surface area contributed by atoms with E-state index in [4.69, 9.17) is 16.0 Å². The van der Waals surface area contributed by atoms with Gasteiger partial charge in [-0.15, -0.1) is 10.2 Å². The molecule has 5 heteroatoms. The summed E-state index contributed by atoms with van der Waals surface area (Å²) >= 11 is 9.26. The number of halogens is 2. The van der Waals surface area contributed by atoms with Gasteiger partial charge in [-0.2, -0.15) is 0 Å². The SMILES string of the molecule is Clc1ccc(/C=C/c2nnc(Cc3ccc(Br)cc3)o2)cc1. The molecule has 0 radical (unpaired) electrons. The van der Waals surface area contributed by atoms with E-state index in [1.807, 2.05) is 54.6 Å². The summed E-state index contributed by atoms with van der Waals surface area (Å²) in [5, 5.41) is 8.80. The quantitative estimate of drug-likeness (QED) is 0.625. The van der Waals surface area contributed by atoms with Crippen molar-refractivity contribution in [2.45, 2.75) is 6.42 Å². The Morgan fingerprint density at radius 1 is 0.955 bits per heavy atom. The first-order chi connectivity index (χ1) is 10.7. The molecule has 3 rings (SSSR count). The Hall–Kier alpha value is -1.91. The van der Waals surface area contributed by atoms with Gasteiger partial charge in [-0.05, 0) is 41.5 Å². The zero-order valence-corrected chi connectivity index (χ0v) is 13.9. The second kappa shape index (κ2) is 6.90. The highest BCUT2D eigenvalue weighted by atomic mass is 79.9. The lowest BCUT2D eigenvalue weighted by Crippen LogP contribution is -1.87. The molecular weight excluding hydrogens is 364 g/mol. The molecule has 1 aromatic heterocycles. The molecule has 110 valence electrons. The van der Waals surface area contributed by atoms with Gasteiger partial charge in [0.05, 0.1) is 6.42 Å². The third-order valence-corrected chi connectivity index (χ3v) is 3.82. The number of nitrogens with zero attached hydrogens (tertiary/aromatic N) is 2. The average Bonchev–Trinajstić information content (AvgIpc) is 2.97. The molecule has 3 nitrogen and oxygen atoms in total. The van der Waals surface area contributed by atoms with E-state index in [9.17, 15) is 0 Å². The van der Waals surface area contributed by atoms with Gasteiger partial charge in [0, 0.05) is 15.6 Å². The monoisotopic (exact) mass is 374 g/mol. The Labute approximate surface area is 141 Å². The molecule has 0 aliphatic rings. The van der Waals surface area contributed by atoms with Crippen LogP contribution in [-0.2, 0) is 6.42 Å². The second-order valence-electron chi connectivity index (χ2n) is 4.72. The maximum atomic E-state index is 5.85. The Kier molecular flexibility index (Phi) is 4.71. The van der Waals surface area contributed by atoms with Gasteiger partial charge in [-0.1, -0.05) is 51.8 Å². The molecule has 0 aliphatic heterocycles. The van der Waals surface area contributed by atoms with E-state index in [1.165, 1.54) is 0 Å². The molecule has 22 heavy (non-hydrogen) atoms. The van der Waals surface area contributed by atoms with Crippen molar-refractivity contribution in [2.24, 2.45) is 0 Å². The summed E-state index contributed by atoms with van der Waals surface area (Å²) in [6.45, 7) is 0. The topological polar surface area (TPSA) is 38.9 Å². The summed E-state index contributed by atoms with van der Waals surface area (Å²) in [5.74, 6) is 1.08. The smallest absolute Gasteiger partial charge is 0.240 e. The predicted octanol–water partition coefficient (Wildman–Crippen LogP) is 5.25. The van der Waals surface area contributed by atoms with Gasteiger partial charge >= 0.3 is 0 Å². The maximum absolute atomic E-state index is 5.85. The largest absolute Gasteiger partial charge is 0.421 e. The Morgan fingerprint density at radius 3 is 2.41 bits per heavy atom. The third-order valence-electron chi connectivity index (χ3n) is 3.04. The van der Waals surface area contributed by atoms with Crippen molar-refractivity contribution in [3.63, 3.8) is 0 Å². The van der Waals surface area contributed by atoms with Gasteiger partial charge in [0.25, 0.3) is 0 Å². The Morgan fingerprint density at radius 2 is 1.68 bits per heavy atom. The molecule has 0 unspecified atom stereocenters. The highest BCUT2D eigenvalue weighted by molar-refractivity contribution is 9.10. The second-order valence-corrected chi connectivity index (χ2v) is 6.07. The van der Waals surface area contributed by atoms with Crippen LogP contribution in [0, 0.1) is 0 Å². The van der Waals surface area contributed by atoms with E-state index in [0.717, 1.165) is 15.6 Å². The number of hydrogen-bond donors (Lipinski definition) is 0. The summed E-state index contributed by atoms with van der Waals surface area (Å²) in [4.78, 5) is 0. The van der Waals surface area contributed by atoms with Crippen LogP contribution in [0.2, 0.25) is 5.02 Å². The van der Waals surface area contributed by atoms with E-state index in [-0.39, 0.29) is 0 Å². The van der Waals surface area contributed by atoms with E-state index in [1.54, 1.807) is 6.08 Å².